The first-order valence-corrected chi connectivity index (χ1v) is 7.19. The van der Waals surface area contributed by atoms with E-state index in [1.807, 2.05) is 6.92 Å². The number of aliphatic carboxylic acids is 1. The first-order valence-electron chi connectivity index (χ1n) is 7.19. The van der Waals surface area contributed by atoms with E-state index in [0.29, 0.717) is 13.0 Å². The Kier molecular flexibility index (Phi) is 6.12. The summed E-state index contributed by atoms with van der Waals surface area (Å²) in [7, 11) is 0. The second kappa shape index (κ2) is 7.36. The molecule has 19 heavy (non-hydrogen) atoms. The molecule has 0 bridgehead atoms. The van der Waals surface area contributed by atoms with Gasteiger partial charge in [0.25, 0.3) is 0 Å². The SMILES string of the molecule is CCCC[C@H](NC(=O)OCC1(CC)CCC1)C(=O)O. The van der Waals surface area contributed by atoms with Gasteiger partial charge in [0.05, 0.1) is 6.61 Å². The molecule has 0 heterocycles. The van der Waals surface area contributed by atoms with Crippen molar-refractivity contribution in [3.05, 3.63) is 0 Å². The van der Waals surface area contributed by atoms with E-state index in [-0.39, 0.29) is 5.41 Å². The standard InChI is InChI=1S/C14H25NO4/c1-3-5-7-11(12(16)17)15-13(18)19-10-14(4-2)8-6-9-14/h11H,3-10H2,1-2H3,(H,15,18)(H,16,17)/t11-/m0/s1. The van der Waals surface area contributed by atoms with Gasteiger partial charge in [-0.3, -0.25) is 0 Å². The van der Waals surface area contributed by atoms with Gasteiger partial charge < -0.3 is 15.2 Å². The van der Waals surface area contributed by atoms with E-state index in [9.17, 15) is 9.59 Å². The molecule has 5 heteroatoms. The van der Waals surface area contributed by atoms with Crippen LogP contribution >= 0.6 is 0 Å². The van der Waals surface area contributed by atoms with Crippen LogP contribution in [-0.4, -0.2) is 29.8 Å². The second-order valence-electron chi connectivity index (χ2n) is 5.46. The topological polar surface area (TPSA) is 75.6 Å². The van der Waals surface area contributed by atoms with Crippen LogP contribution in [0, 0.1) is 5.41 Å². The third-order valence-corrected chi connectivity index (χ3v) is 4.11. The van der Waals surface area contributed by atoms with Gasteiger partial charge >= 0.3 is 12.1 Å². The summed E-state index contributed by atoms with van der Waals surface area (Å²) < 4.78 is 5.19. The van der Waals surface area contributed by atoms with E-state index in [0.717, 1.165) is 32.1 Å². The smallest absolute Gasteiger partial charge is 0.407 e. The quantitative estimate of drug-likeness (QED) is 0.711. The minimum absolute atomic E-state index is 0.138. The molecular formula is C14H25NO4. The summed E-state index contributed by atoms with van der Waals surface area (Å²) in [6.45, 7) is 4.48. The van der Waals surface area contributed by atoms with Crippen molar-refractivity contribution in [2.24, 2.45) is 5.41 Å². The molecule has 0 aromatic rings. The van der Waals surface area contributed by atoms with Gasteiger partial charge in [0, 0.05) is 5.41 Å². The van der Waals surface area contributed by atoms with Gasteiger partial charge in [-0.05, 0) is 25.7 Å². The Balaban J connectivity index is 2.33. The predicted octanol–water partition coefficient (Wildman–Crippen LogP) is 2.94. The molecule has 1 aliphatic rings. The maximum absolute atomic E-state index is 11.6. The number of carboxylic acids is 1. The van der Waals surface area contributed by atoms with Crippen LogP contribution in [0.1, 0.15) is 58.8 Å². The lowest BCUT2D eigenvalue weighted by Gasteiger charge is -2.40. The van der Waals surface area contributed by atoms with Crippen molar-refractivity contribution in [1.82, 2.24) is 5.32 Å². The van der Waals surface area contributed by atoms with Crippen LogP contribution in [0.4, 0.5) is 4.79 Å². The molecule has 1 fully saturated rings. The number of alkyl carbamates (subject to hydrolysis) is 1. The molecule has 0 spiro atoms. The normalized spacial score (nSPS) is 18.2. The highest BCUT2D eigenvalue weighted by Crippen LogP contribution is 2.43. The summed E-state index contributed by atoms with van der Waals surface area (Å²) >= 11 is 0. The largest absolute Gasteiger partial charge is 0.480 e. The van der Waals surface area contributed by atoms with Crippen LogP contribution in [0.25, 0.3) is 0 Å². The van der Waals surface area contributed by atoms with E-state index < -0.39 is 18.1 Å². The minimum Gasteiger partial charge on any atom is -0.480 e. The van der Waals surface area contributed by atoms with Crippen LogP contribution in [0.5, 0.6) is 0 Å². The van der Waals surface area contributed by atoms with Gasteiger partial charge in [-0.15, -0.1) is 0 Å². The first kappa shape index (κ1) is 15.8. The first-order chi connectivity index (χ1) is 9.03. The summed E-state index contributed by atoms with van der Waals surface area (Å²) in [5, 5.41) is 11.4. The maximum Gasteiger partial charge on any atom is 0.407 e. The van der Waals surface area contributed by atoms with Gasteiger partial charge in [0.2, 0.25) is 0 Å². The van der Waals surface area contributed by atoms with Crippen molar-refractivity contribution in [3.63, 3.8) is 0 Å². The molecule has 5 nitrogen and oxygen atoms in total. The lowest BCUT2D eigenvalue weighted by molar-refractivity contribution is -0.139. The lowest BCUT2D eigenvalue weighted by Crippen LogP contribution is -2.43. The molecule has 0 aromatic heterocycles. The number of carbonyl (C=O) groups is 2. The highest BCUT2D eigenvalue weighted by molar-refractivity contribution is 5.79. The summed E-state index contributed by atoms with van der Waals surface area (Å²) in [6, 6.07) is -0.841. The lowest BCUT2D eigenvalue weighted by atomic mass is 9.68. The molecule has 0 saturated heterocycles. The molecule has 1 atom stereocenters. The number of ether oxygens (including phenoxy) is 1. The Morgan fingerprint density at radius 2 is 2.05 bits per heavy atom. The molecular weight excluding hydrogens is 246 g/mol. The summed E-state index contributed by atoms with van der Waals surface area (Å²) in [5.74, 6) is -1.00. The minimum atomic E-state index is -1.00. The zero-order valence-electron chi connectivity index (χ0n) is 11.9. The van der Waals surface area contributed by atoms with E-state index in [4.69, 9.17) is 9.84 Å². The number of carboxylic acid groups (broad SMARTS) is 1. The average Bonchev–Trinajstić information content (AvgIpc) is 2.33. The fourth-order valence-corrected chi connectivity index (χ4v) is 2.34. The second-order valence-corrected chi connectivity index (χ2v) is 5.46. The summed E-state index contributed by atoms with van der Waals surface area (Å²) in [6.07, 6.45) is 5.88. The van der Waals surface area contributed by atoms with Crippen molar-refractivity contribution < 1.29 is 19.4 Å². The van der Waals surface area contributed by atoms with Crippen LogP contribution in [0.15, 0.2) is 0 Å². The Morgan fingerprint density at radius 3 is 2.47 bits per heavy atom. The zero-order valence-corrected chi connectivity index (χ0v) is 11.9. The van der Waals surface area contributed by atoms with Gasteiger partial charge in [-0.1, -0.05) is 33.1 Å². The van der Waals surface area contributed by atoms with Crippen molar-refractivity contribution >= 4 is 12.1 Å². The van der Waals surface area contributed by atoms with Gasteiger partial charge in [-0.2, -0.15) is 0 Å². The number of amides is 1. The molecule has 1 aliphatic carbocycles. The van der Waals surface area contributed by atoms with Crippen molar-refractivity contribution in [2.75, 3.05) is 6.61 Å². The monoisotopic (exact) mass is 271 g/mol. The average molecular weight is 271 g/mol. The predicted molar refractivity (Wildman–Crippen MR) is 72.0 cm³/mol. The van der Waals surface area contributed by atoms with E-state index in [1.54, 1.807) is 0 Å². The Morgan fingerprint density at radius 1 is 1.37 bits per heavy atom. The Bertz CT molecular complexity index is 307. The van der Waals surface area contributed by atoms with Crippen LogP contribution in [0.3, 0.4) is 0 Å². The number of carbonyl (C=O) groups excluding carboxylic acids is 1. The molecule has 1 amide bonds. The highest BCUT2D eigenvalue weighted by Gasteiger charge is 2.36. The summed E-state index contributed by atoms with van der Waals surface area (Å²) in [5.41, 5.74) is 0.138. The molecule has 0 unspecified atom stereocenters. The number of unbranched alkanes of at least 4 members (excludes halogenated alkanes) is 1. The van der Waals surface area contributed by atoms with Crippen LogP contribution < -0.4 is 5.32 Å². The third kappa shape index (κ3) is 4.73. The summed E-state index contributed by atoms with van der Waals surface area (Å²) in [4.78, 5) is 22.6. The molecule has 0 aliphatic heterocycles. The maximum atomic E-state index is 11.6. The van der Waals surface area contributed by atoms with E-state index in [2.05, 4.69) is 12.2 Å². The van der Waals surface area contributed by atoms with E-state index >= 15 is 0 Å². The molecule has 1 rings (SSSR count). The molecule has 110 valence electrons. The highest BCUT2D eigenvalue weighted by atomic mass is 16.5. The molecule has 0 aromatic carbocycles. The number of hydrogen-bond donors (Lipinski definition) is 2. The van der Waals surface area contributed by atoms with Crippen LogP contribution in [0.2, 0.25) is 0 Å². The van der Waals surface area contributed by atoms with Gasteiger partial charge in [0.15, 0.2) is 0 Å². The van der Waals surface area contributed by atoms with Gasteiger partial charge in [0.1, 0.15) is 6.04 Å². The Labute approximate surface area is 114 Å². The number of rotatable bonds is 8. The Hall–Kier alpha value is -1.26. The fourth-order valence-electron chi connectivity index (χ4n) is 2.34. The number of hydrogen-bond acceptors (Lipinski definition) is 3. The van der Waals surface area contributed by atoms with Crippen molar-refractivity contribution in [2.45, 2.75) is 64.8 Å². The van der Waals surface area contributed by atoms with Gasteiger partial charge in [-0.25, -0.2) is 9.59 Å². The third-order valence-electron chi connectivity index (χ3n) is 4.11. The molecule has 0 radical (unpaired) electrons. The molecule has 2 N–H and O–H groups in total. The van der Waals surface area contributed by atoms with E-state index in [1.165, 1.54) is 6.42 Å². The van der Waals surface area contributed by atoms with Crippen molar-refractivity contribution in [1.29, 1.82) is 0 Å². The van der Waals surface area contributed by atoms with Crippen molar-refractivity contribution in [3.8, 4) is 0 Å². The zero-order chi connectivity index (χ0) is 14.3. The number of nitrogens with one attached hydrogen (secondary N) is 1. The fraction of sp³-hybridized carbons (Fsp3) is 0.857. The molecule has 1 saturated carbocycles. The van der Waals surface area contributed by atoms with Crippen LogP contribution in [-0.2, 0) is 9.53 Å².